The number of hydrogen-bond donors (Lipinski definition) is 2. The zero-order valence-electron chi connectivity index (χ0n) is 15.0. The molecule has 6 heteroatoms. The molecule has 0 amide bonds. The number of hydrogen-bond acceptors (Lipinski definition) is 4. The van der Waals surface area contributed by atoms with Crippen LogP contribution in [0.25, 0.3) is 10.9 Å². The molecule has 4 rings (SSSR count). The first kappa shape index (κ1) is 17.1. The van der Waals surface area contributed by atoms with Gasteiger partial charge in [0, 0.05) is 34.8 Å². The molecule has 0 spiro atoms. The second-order valence-corrected chi connectivity index (χ2v) is 6.70. The standard InChI is InChI=1S/C20H21ClN2O3/c1-24-11-4-5-16-13(8-11)12-6-7-22-19(20(12)23-16)14-9-15(21)18(26-3)10-17(14)25-2/h4-5,8-10,19,22-23H,6-7H2,1-3H3. The van der Waals surface area contributed by atoms with Crippen LogP contribution in [-0.2, 0) is 6.42 Å². The summed E-state index contributed by atoms with van der Waals surface area (Å²) in [5.41, 5.74) is 4.52. The Morgan fingerprint density at radius 2 is 1.81 bits per heavy atom. The Bertz CT molecular complexity index is 967. The number of H-pyrrole nitrogens is 1. The van der Waals surface area contributed by atoms with E-state index in [0.29, 0.717) is 10.8 Å². The molecule has 2 aromatic carbocycles. The van der Waals surface area contributed by atoms with Crippen LogP contribution < -0.4 is 19.5 Å². The molecule has 1 aliphatic heterocycles. The first-order chi connectivity index (χ1) is 12.7. The summed E-state index contributed by atoms with van der Waals surface area (Å²) >= 11 is 6.39. The minimum atomic E-state index is -0.0319. The quantitative estimate of drug-likeness (QED) is 0.724. The highest BCUT2D eigenvalue weighted by Crippen LogP contribution is 2.41. The van der Waals surface area contributed by atoms with Crippen molar-refractivity contribution in [1.82, 2.24) is 10.3 Å². The molecular formula is C20H21ClN2O3. The lowest BCUT2D eigenvalue weighted by Crippen LogP contribution is -2.30. The number of halogens is 1. The van der Waals surface area contributed by atoms with Crippen LogP contribution in [0.4, 0.5) is 0 Å². The average molecular weight is 373 g/mol. The maximum absolute atomic E-state index is 6.39. The lowest BCUT2D eigenvalue weighted by Gasteiger charge is -2.26. The van der Waals surface area contributed by atoms with Gasteiger partial charge in [0.25, 0.3) is 0 Å². The Hall–Kier alpha value is -2.37. The fourth-order valence-electron chi connectivity index (χ4n) is 3.71. The molecule has 0 aliphatic carbocycles. The van der Waals surface area contributed by atoms with Gasteiger partial charge >= 0.3 is 0 Å². The number of rotatable bonds is 4. The van der Waals surface area contributed by atoms with E-state index in [1.165, 1.54) is 10.9 Å². The first-order valence-corrected chi connectivity index (χ1v) is 8.87. The third-order valence-corrected chi connectivity index (χ3v) is 5.27. The molecule has 2 heterocycles. The van der Waals surface area contributed by atoms with Crippen LogP contribution in [0, 0.1) is 0 Å². The van der Waals surface area contributed by atoms with Crippen molar-refractivity contribution in [3.05, 3.63) is 52.2 Å². The highest BCUT2D eigenvalue weighted by atomic mass is 35.5. The molecule has 1 aromatic heterocycles. The van der Waals surface area contributed by atoms with Crippen molar-refractivity contribution in [2.24, 2.45) is 0 Å². The van der Waals surface area contributed by atoms with Crippen LogP contribution in [0.5, 0.6) is 17.2 Å². The van der Waals surface area contributed by atoms with Gasteiger partial charge in [-0.2, -0.15) is 0 Å². The fourth-order valence-corrected chi connectivity index (χ4v) is 3.96. The molecule has 0 saturated heterocycles. The Morgan fingerprint density at radius 1 is 1.00 bits per heavy atom. The van der Waals surface area contributed by atoms with Crippen LogP contribution in [0.15, 0.2) is 30.3 Å². The van der Waals surface area contributed by atoms with E-state index in [0.717, 1.165) is 41.2 Å². The number of methoxy groups -OCH3 is 3. The van der Waals surface area contributed by atoms with E-state index in [1.54, 1.807) is 21.3 Å². The van der Waals surface area contributed by atoms with Crippen LogP contribution in [-0.4, -0.2) is 32.9 Å². The third-order valence-electron chi connectivity index (χ3n) is 4.97. The van der Waals surface area contributed by atoms with Gasteiger partial charge in [-0.15, -0.1) is 0 Å². The number of ether oxygens (including phenoxy) is 3. The van der Waals surface area contributed by atoms with Crippen molar-refractivity contribution in [2.45, 2.75) is 12.5 Å². The monoisotopic (exact) mass is 372 g/mol. The zero-order chi connectivity index (χ0) is 18.3. The second kappa shape index (κ2) is 6.74. The summed E-state index contributed by atoms with van der Waals surface area (Å²) < 4.78 is 16.3. The van der Waals surface area contributed by atoms with Crippen LogP contribution in [0.3, 0.4) is 0 Å². The summed E-state index contributed by atoms with van der Waals surface area (Å²) in [6, 6.07) is 9.83. The second-order valence-electron chi connectivity index (χ2n) is 6.29. The molecule has 0 fully saturated rings. The molecule has 1 atom stereocenters. The molecule has 0 bridgehead atoms. The summed E-state index contributed by atoms with van der Waals surface area (Å²) in [7, 11) is 4.95. The van der Waals surface area contributed by atoms with Gasteiger partial charge in [-0.3, -0.25) is 0 Å². The van der Waals surface area contributed by atoms with Gasteiger partial charge in [0.2, 0.25) is 0 Å². The number of nitrogens with one attached hydrogen (secondary N) is 2. The van der Waals surface area contributed by atoms with Crippen molar-refractivity contribution >= 4 is 22.5 Å². The number of aromatic amines is 1. The van der Waals surface area contributed by atoms with Gasteiger partial charge in [-0.05, 0) is 36.2 Å². The molecule has 26 heavy (non-hydrogen) atoms. The van der Waals surface area contributed by atoms with E-state index in [9.17, 15) is 0 Å². The smallest absolute Gasteiger partial charge is 0.141 e. The van der Waals surface area contributed by atoms with Gasteiger partial charge in [-0.1, -0.05) is 11.6 Å². The summed E-state index contributed by atoms with van der Waals surface area (Å²) in [4.78, 5) is 3.57. The molecular weight excluding hydrogens is 352 g/mol. The first-order valence-electron chi connectivity index (χ1n) is 8.49. The van der Waals surface area contributed by atoms with E-state index in [-0.39, 0.29) is 6.04 Å². The molecule has 1 unspecified atom stereocenters. The largest absolute Gasteiger partial charge is 0.497 e. The van der Waals surface area contributed by atoms with E-state index in [2.05, 4.69) is 22.4 Å². The van der Waals surface area contributed by atoms with Gasteiger partial charge < -0.3 is 24.5 Å². The van der Waals surface area contributed by atoms with Crippen molar-refractivity contribution < 1.29 is 14.2 Å². The summed E-state index contributed by atoms with van der Waals surface area (Å²) in [5.74, 6) is 2.21. The molecule has 2 N–H and O–H groups in total. The van der Waals surface area contributed by atoms with Gasteiger partial charge in [0.15, 0.2) is 0 Å². The highest BCUT2D eigenvalue weighted by Gasteiger charge is 2.28. The molecule has 1 aliphatic rings. The normalized spacial score (nSPS) is 16.4. The zero-order valence-corrected chi connectivity index (χ0v) is 15.7. The van der Waals surface area contributed by atoms with E-state index < -0.39 is 0 Å². The average Bonchev–Trinajstić information content (AvgIpc) is 3.05. The van der Waals surface area contributed by atoms with Crippen molar-refractivity contribution in [3.8, 4) is 17.2 Å². The van der Waals surface area contributed by atoms with Crippen molar-refractivity contribution in [2.75, 3.05) is 27.9 Å². The van der Waals surface area contributed by atoms with Crippen LogP contribution >= 0.6 is 11.6 Å². The molecule has 136 valence electrons. The summed E-state index contributed by atoms with van der Waals surface area (Å²) in [6.07, 6.45) is 0.950. The van der Waals surface area contributed by atoms with Crippen molar-refractivity contribution in [1.29, 1.82) is 0 Å². The minimum Gasteiger partial charge on any atom is -0.497 e. The lowest BCUT2D eigenvalue weighted by atomic mass is 9.93. The maximum atomic E-state index is 6.39. The highest BCUT2D eigenvalue weighted by molar-refractivity contribution is 6.32. The SMILES string of the molecule is COc1ccc2[nH]c3c(c2c1)CCNC3c1cc(Cl)c(OC)cc1OC. The Balaban J connectivity index is 1.87. The predicted octanol–water partition coefficient (Wildman–Crippen LogP) is 4.08. The van der Waals surface area contributed by atoms with E-state index >= 15 is 0 Å². The topological polar surface area (TPSA) is 55.5 Å². The molecule has 0 saturated carbocycles. The van der Waals surface area contributed by atoms with E-state index in [1.807, 2.05) is 18.2 Å². The molecule has 0 radical (unpaired) electrons. The van der Waals surface area contributed by atoms with E-state index in [4.69, 9.17) is 25.8 Å². The maximum Gasteiger partial charge on any atom is 0.141 e. The van der Waals surface area contributed by atoms with Crippen LogP contribution in [0.2, 0.25) is 5.02 Å². The minimum absolute atomic E-state index is 0.0319. The van der Waals surface area contributed by atoms with Gasteiger partial charge in [-0.25, -0.2) is 0 Å². The summed E-state index contributed by atoms with van der Waals surface area (Å²) in [6.45, 7) is 0.870. The Kier molecular flexibility index (Phi) is 4.42. The number of aromatic nitrogens is 1. The fraction of sp³-hybridized carbons (Fsp3) is 0.300. The predicted molar refractivity (Wildman–Crippen MR) is 103 cm³/mol. The molecule has 5 nitrogen and oxygen atoms in total. The van der Waals surface area contributed by atoms with Crippen molar-refractivity contribution in [3.63, 3.8) is 0 Å². The molecule has 3 aromatic rings. The number of benzene rings is 2. The third kappa shape index (κ3) is 2.68. The number of fused-ring (bicyclic) bond motifs is 3. The summed E-state index contributed by atoms with van der Waals surface area (Å²) in [5, 5.41) is 5.34. The van der Waals surface area contributed by atoms with Crippen LogP contribution in [0.1, 0.15) is 22.9 Å². The lowest BCUT2D eigenvalue weighted by molar-refractivity contribution is 0.386. The van der Waals surface area contributed by atoms with Gasteiger partial charge in [0.05, 0.1) is 32.4 Å². The Labute approximate surface area is 157 Å². The Morgan fingerprint density at radius 3 is 2.54 bits per heavy atom. The van der Waals surface area contributed by atoms with Gasteiger partial charge in [0.1, 0.15) is 17.2 Å².